The Labute approximate surface area is 96.3 Å². The van der Waals surface area contributed by atoms with Gasteiger partial charge in [-0.1, -0.05) is 6.08 Å². The highest BCUT2D eigenvalue weighted by molar-refractivity contribution is 7.45. The number of aliphatic hydroxyl groups is 1. The first kappa shape index (κ1) is 15.8. The number of nitrogens with zero attached hydrogens (tertiary/aromatic N) is 1. The summed E-state index contributed by atoms with van der Waals surface area (Å²) in [5, 5.41) is 9.50. The number of phosphoric acid groups is 1. The van der Waals surface area contributed by atoms with Crippen molar-refractivity contribution < 1.29 is 28.1 Å². The molecule has 0 saturated heterocycles. The van der Waals surface area contributed by atoms with Crippen LogP contribution in [0.3, 0.4) is 0 Å². The molecule has 0 aliphatic rings. The van der Waals surface area contributed by atoms with E-state index in [0.29, 0.717) is 11.0 Å². The van der Waals surface area contributed by atoms with Gasteiger partial charge in [0.05, 0.1) is 34.4 Å². The molecule has 2 atom stereocenters. The van der Waals surface area contributed by atoms with Crippen molar-refractivity contribution in [2.75, 3.05) is 40.9 Å². The second-order valence-corrected chi connectivity index (χ2v) is 5.86. The molecule has 0 rings (SSSR count). The molecule has 0 aromatic rings. The second-order valence-electron chi connectivity index (χ2n) is 4.45. The fraction of sp³-hybridized carbons (Fsp3) is 0.778. The molecule has 0 bridgehead atoms. The molecular weight excluding hydrogens is 233 g/mol. The summed E-state index contributed by atoms with van der Waals surface area (Å²) in [6.07, 6.45) is 0.450. The van der Waals surface area contributed by atoms with Gasteiger partial charge in [-0.05, 0) is 0 Å². The zero-order chi connectivity index (χ0) is 12.8. The Kier molecular flexibility index (Phi) is 6.40. The predicted molar refractivity (Wildman–Crippen MR) is 58.6 cm³/mol. The summed E-state index contributed by atoms with van der Waals surface area (Å²) < 4.78 is 20.5. The zero-order valence-electron chi connectivity index (χ0n) is 9.96. The molecule has 7 heteroatoms. The molecule has 1 N–H and O–H groups in total. The summed E-state index contributed by atoms with van der Waals surface area (Å²) in [6, 6.07) is 0. The van der Waals surface area contributed by atoms with Crippen molar-refractivity contribution in [2.45, 2.75) is 6.10 Å². The normalized spacial score (nSPS) is 17.8. The lowest BCUT2D eigenvalue weighted by Crippen LogP contribution is -2.43. The van der Waals surface area contributed by atoms with Crippen molar-refractivity contribution in [1.82, 2.24) is 0 Å². The van der Waals surface area contributed by atoms with E-state index < -0.39 is 13.9 Å². The average Bonchev–Trinajstić information content (AvgIpc) is 2.09. The van der Waals surface area contributed by atoms with Gasteiger partial charge in [0.15, 0.2) is 0 Å². The number of rotatable bonds is 8. The van der Waals surface area contributed by atoms with E-state index in [4.69, 9.17) is 0 Å². The van der Waals surface area contributed by atoms with E-state index in [2.05, 4.69) is 15.6 Å². The van der Waals surface area contributed by atoms with E-state index in [1.165, 1.54) is 6.08 Å². The molecule has 6 nitrogen and oxygen atoms in total. The summed E-state index contributed by atoms with van der Waals surface area (Å²) >= 11 is 0. The Morgan fingerprint density at radius 1 is 1.50 bits per heavy atom. The summed E-state index contributed by atoms with van der Waals surface area (Å²) in [7, 11) is 1.33. The summed E-state index contributed by atoms with van der Waals surface area (Å²) in [5.74, 6) is 0. The van der Waals surface area contributed by atoms with Gasteiger partial charge in [0.25, 0.3) is 7.82 Å². The predicted octanol–water partition coefficient (Wildman–Crippen LogP) is -0.259. The molecule has 0 spiro atoms. The highest BCUT2D eigenvalue weighted by Gasteiger charge is 2.18. The molecule has 0 amide bonds. The largest absolute Gasteiger partial charge is 0.756 e. The molecule has 0 radical (unpaired) electrons. The smallest absolute Gasteiger partial charge is 0.268 e. The van der Waals surface area contributed by atoms with Gasteiger partial charge in [0, 0.05) is 0 Å². The Morgan fingerprint density at radius 2 is 2.06 bits per heavy atom. The minimum atomic E-state index is -4.32. The van der Waals surface area contributed by atoms with Gasteiger partial charge in [-0.25, -0.2) is 0 Å². The van der Waals surface area contributed by atoms with Crippen LogP contribution in [0.1, 0.15) is 0 Å². The van der Waals surface area contributed by atoms with Gasteiger partial charge in [-0.3, -0.25) is 4.57 Å². The molecule has 0 aliphatic heterocycles. The Morgan fingerprint density at radius 3 is 2.50 bits per heavy atom. The fourth-order valence-electron chi connectivity index (χ4n) is 1.04. The van der Waals surface area contributed by atoms with Crippen molar-refractivity contribution in [3.63, 3.8) is 0 Å². The molecular formula is C9H20NO5P. The van der Waals surface area contributed by atoms with Crippen molar-refractivity contribution in [2.24, 2.45) is 0 Å². The molecule has 0 aromatic carbocycles. The zero-order valence-corrected chi connectivity index (χ0v) is 10.9. The van der Waals surface area contributed by atoms with Crippen molar-refractivity contribution >= 4 is 7.82 Å². The Hall–Kier alpha value is -0.230. The van der Waals surface area contributed by atoms with Crippen LogP contribution in [0.15, 0.2) is 12.7 Å². The minimum absolute atomic E-state index is 0.133. The van der Waals surface area contributed by atoms with Crippen LogP contribution in [-0.2, 0) is 13.6 Å². The van der Waals surface area contributed by atoms with E-state index in [-0.39, 0.29) is 13.2 Å². The van der Waals surface area contributed by atoms with Gasteiger partial charge >= 0.3 is 0 Å². The van der Waals surface area contributed by atoms with Crippen molar-refractivity contribution in [1.29, 1.82) is 0 Å². The monoisotopic (exact) mass is 253 g/mol. The molecule has 0 aromatic heterocycles. The van der Waals surface area contributed by atoms with E-state index in [0.717, 1.165) is 0 Å². The summed E-state index contributed by atoms with van der Waals surface area (Å²) in [6.45, 7) is 3.27. The standard InChI is InChI=1S/C9H20NO5P/c1-5-6-14-16(12,13)15-8-9(11)7-10(2,3)4/h5,9,11H,1,6-8H2,2-4H3. The van der Waals surface area contributed by atoms with Crippen LogP contribution in [0.5, 0.6) is 0 Å². The third-order valence-corrected chi connectivity index (χ3v) is 2.46. The first-order valence-corrected chi connectivity index (χ1v) is 6.32. The topological polar surface area (TPSA) is 78.8 Å². The number of quaternary nitrogens is 1. The van der Waals surface area contributed by atoms with Gasteiger partial charge in [-0.2, -0.15) is 0 Å². The van der Waals surface area contributed by atoms with E-state index >= 15 is 0 Å². The lowest BCUT2D eigenvalue weighted by molar-refractivity contribution is -0.873. The quantitative estimate of drug-likeness (QED) is 0.366. The van der Waals surface area contributed by atoms with Crippen LogP contribution in [0, 0.1) is 0 Å². The lowest BCUT2D eigenvalue weighted by Gasteiger charge is -2.28. The summed E-state index contributed by atoms with van der Waals surface area (Å²) in [4.78, 5) is 11.1. The van der Waals surface area contributed by atoms with E-state index in [9.17, 15) is 14.6 Å². The van der Waals surface area contributed by atoms with Gasteiger partial charge in [0.2, 0.25) is 0 Å². The molecule has 0 saturated carbocycles. The maximum absolute atomic E-state index is 11.1. The van der Waals surface area contributed by atoms with Crippen LogP contribution >= 0.6 is 7.82 Å². The molecule has 0 aliphatic carbocycles. The maximum Gasteiger partial charge on any atom is 0.268 e. The highest BCUT2D eigenvalue weighted by atomic mass is 31.2. The third kappa shape index (κ3) is 9.03. The van der Waals surface area contributed by atoms with Crippen LogP contribution < -0.4 is 4.89 Å². The first-order valence-electron chi connectivity index (χ1n) is 4.86. The third-order valence-electron chi connectivity index (χ3n) is 1.53. The number of aliphatic hydroxyl groups excluding tert-OH is 1. The van der Waals surface area contributed by atoms with E-state index in [1.807, 2.05) is 21.1 Å². The molecule has 16 heavy (non-hydrogen) atoms. The van der Waals surface area contributed by atoms with Gasteiger partial charge in [-0.15, -0.1) is 6.58 Å². The fourth-order valence-corrected chi connectivity index (χ4v) is 1.76. The molecule has 2 unspecified atom stereocenters. The van der Waals surface area contributed by atoms with Gasteiger partial charge < -0.3 is 23.5 Å². The van der Waals surface area contributed by atoms with Crippen LogP contribution in [0.4, 0.5) is 0 Å². The number of hydrogen-bond donors (Lipinski definition) is 1. The molecule has 0 heterocycles. The number of hydrogen-bond acceptors (Lipinski definition) is 5. The van der Waals surface area contributed by atoms with Gasteiger partial charge in [0.1, 0.15) is 12.6 Å². The van der Waals surface area contributed by atoms with Crippen LogP contribution in [-0.4, -0.2) is 56.6 Å². The maximum atomic E-state index is 11.1. The Balaban J connectivity index is 3.95. The van der Waals surface area contributed by atoms with E-state index in [1.54, 1.807) is 0 Å². The molecule has 96 valence electrons. The average molecular weight is 253 g/mol. The first-order chi connectivity index (χ1) is 7.16. The number of likely N-dealkylation sites (N-methyl/N-ethyl adjacent to an activating group) is 1. The summed E-state index contributed by atoms with van der Waals surface area (Å²) in [5.41, 5.74) is 0. The van der Waals surface area contributed by atoms with Crippen LogP contribution in [0.25, 0.3) is 0 Å². The van der Waals surface area contributed by atoms with Crippen LogP contribution in [0.2, 0.25) is 0 Å². The minimum Gasteiger partial charge on any atom is -0.756 e. The Bertz CT molecular complexity index is 263. The van der Waals surface area contributed by atoms with Crippen molar-refractivity contribution in [3.05, 3.63) is 12.7 Å². The lowest BCUT2D eigenvalue weighted by atomic mass is 10.3. The highest BCUT2D eigenvalue weighted by Crippen LogP contribution is 2.38. The second kappa shape index (κ2) is 6.49. The number of phosphoric ester groups is 1. The molecule has 0 fully saturated rings. The van der Waals surface area contributed by atoms with Crippen molar-refractivity contribution in [3.8, 4) is 0 Å². The SMILES string of the molecule is C=CCOP(=O)([O-])OCC(O)C[N+](C)(C)C.